The number of esters is 1. The van der Waals surface area contributed by atoms with Crippen LogP contribution in [0.1, 0.15) is 20.7 Å². The fourth-order valence-electron chi connectivity index (χ4n) is 8.42. The molecule has 11 rings (SSSR count). The molecule has 63 heavy (non-hydrogen) atoms. The summed E-state index contributed by atoms with van der Waals surface area (Å²) in [6, 6.07) is 58.4. The first kappa shape index (κ1) is 37.4. The van der Waals surface area contributed by atoms with Crippen molar-refractivity contribution in [2.24, 2.45) is 0 Å². The number of fused-ring (bicyclic) bond motifs is 5. The third kappa shape index (κ3) is 6.76. The molecule has 10 nitrogen and oxygen atoms in total. The van der Waals surface area contributed by atoms with Gasteiger partial charge in [-0.1, -0.05) is 133 Å². The van der Waals surface area contributed by atoms with Gasteiger partial charge in [0.2, 0.25) is 0 Å². The van der Waals surface area contributed by atoms with Gasteiger partial charge in [0.15, 0.2) is 0 Å². The van der Waals surface area contributed by atoms with Crippen LogP contribution in [0.25, 0.3) is 55.1 Å². The minimum absolute atomic E-state index is 0.195. The van der Waals surface area contributed by atoms with Crippen LogP contribution in [0.5, 0.6) is 11.5 Å². The van der Waals surface area contributed by atoms with Gasteiger partial charge in [0.25, 0.3) is 17.7 Å². The maximum Gasteiger partial charge on any atom is 0.397 e. The monoisotopic (exact) mass is 824 g/mol. The number of rotatable bonds is 8. The van der Waals surface area contributed by atoms with Crippen molar-refractivity contribution in [1.82, 2.24) is 4.98 Å². The van der Waals surface area contributed by atoms with Crippen LogP contribution in [0.4, 0.5) is 17.1 Å². The summed E-state index contributed by atoms with van der Waals surface area (Å²) in [5.41, 5.74) is 7.63. The number of carbonyl (C=O) groups excluding carboxylic acids is 2. The topological polar surface area (TPSA) is 131 Å². The summed E-state index contributed by atoms with van der Waals surface area (Å²) < 4.78 is 19.6. The standard InChI is InChI=1S/C53H36N4O6/c58-49(54-36-25-26-40-39-19-8-11-21-42(39)50(59)55-44(40)31-36)41-20-10-7-17-37(41)38-18-9-12-22-43(38)51(60)63-53(57-46-30-35(24-28-48(46)62-53)33-15-5-2-6-16-33)52-56-45-29-34(23-27-47(45)61-52)32-13-3-1-4-14-32/h1-31,52,56-57H,(H,54,58)(H,55,59)/t52-,53+/m0/s1. The molecule has 2 atom stereocenters. The normalized spacial score (nSPS) is 15.9. The largest absolute Gasteiger partial charge is 0.458 e. The average molecular weight is 825 g/mol. The molecule has 0 fully saturated rings. The first-order valence-electron chi connectivity index (χ1n) is 20.5. The van der Waals surface area contributed by atoms with Crippen LogP contribution >= 0.6 is 0 Å². The predicted molar refractivity (Wildman–Crippen MR) is 246 cm³/mol. The molecule has 0 aliphatic carbocycles. The van der Waals surface area contributed by atoms with Crippen molar-refractivity contribution < 1.29 is 23.8 Å². The molecule has 0 unspecified atom stereocenters. The highest BCUT2D eigenvalue weighted by atomic mass is 16.8. The summed E-state index contributed by atoms with van der Waals surface area (Å²) in [6.45, 7) is 0. The van der Waals surface area contributed by atoms with Crippen LogP contribution in [0, 0.1) is 0 Å². The van der Waals surface area contributed by atoms with Crippen LogP contribution in [0.3, 0.4) is 0 Å². The lowest BCUT2D eigenvalue weighted by molar-refractivity contribution is -0.159. The van der Waals surface area contributed by atoms with Crippen molar-refractivity contribution in [3.8, 4) is 44.9 Å². The number of carbonyl (C=O) groups is 2. The summed E-state index contributed by atoms with van der Waals surface area (Å²) in [7, 11) is 0. The Morgan fingerprint density at radius 3 is 1.89 bits per heavy atom. The Bertz CT molecular complexity index is 3330. The molecule has 10 heteroatoms. The minimum atomic E-state index is -1.88. The Morgan fingerprint density at radius 1 is 0.556 bits per heavy atom. The quantitative estimate of drug-likeness (QED) is 0.0880. The highest BCUT2D eigenvalue weighted by Crippen LogP contribution is 2.46. The van der Waals surface area contributed by atoms with Gasteiger partial charge in [-0.2, -0.15) is 0 Å². The zero-order valence-corrected chi connectivity index (χ0v) is 33.4. The van der Waals surface area contributed by atoms with E-state index in [2.05, 4.69) is 20.9 Å². The van der Waals surface area contributed by atoms with Gasteiger partial charge in [0.1, 0.15) is 11.5 Å². The number of anilines is 3. The molecule has 3 heterocycles. The summed E-state index contributed by atoms with van der Waals surface area (Å²) in [4.78, 5) is 44.7. The Kier molecular flexibility index (Phi) is 8.97. The van der Waals surface area contributed by atoms with E-state index < -0.39 is 24.0 Å². The molecule has 0 saturated carbocycles. The molecule has 0 bridgehead atoms. The minimum Gasteiger partial charge on any atom is -0.458 e. The van der Waals surface area contributed by atoms with Gasteiger partial charge in [-0.3, -0.25) is 9.59 Å². The van der Waals surface area contributed by atoms with Crippen LogP contribution in [-0.4, -0.2) is 29.0 Å². The van der Waals surface area contributed by atoms with E-state index in [9.17, 15) is 14.4 Å². The highest BCUT2D eigenvalue weighted by molar-refractivity contribution is 6.12. The smallest absolute Gasteiger partial charge is 0.397 e. The highest BCUT2D eigenvalue weighted by Gasteiger charge is 2.55. The van der Waals surface area contributed by atoms with Gasteiger partial charge in [-0.15, -0.1) is 0 Å². The van der Waals surface area contributed by atoms with Gasteiger partial charge >= 0.3 is 11.9 Å². The summed E-state index contributed by atoms with van der Waals surface area (Å²) in [5, 5.41) is 12.1. The lowest BCUT2D eigenvalue weighted by atomic mass is 9.95. The van der Waals surface area contributed by atoms with E-state index in [-0.39, 0.29) is 11.1 Å². The van der Waals surface area contributed by atoms with Crippen molar-refractivity contribution in [3.63, 3.8) is 0 Å². The number of benzene rings is 8. The maximum absolute atomic E-state index is 14.8. The van der Waals surface area contributed by atoms with E-state index in [1.807, 2.05) is 121 Å². The molecule has 0 radical (unpaired) electrons. The number of pyridine rings is 1. The molecule has 4 N–H and O–H groups in total. The maximum atomic E-state index is 14.8. The van der Waals surface area contributed by atoms with Crippen molar-refractivity contribution >= 4 is 50.6 Å². The van der Waals surface area contributed by atoms with Crippen molar-refractivity contribution in [2.45, 2.75) is 12.1 Å². The van der Waals surface area contributed by atoms with E-state index in [0.717, 1.165) is 33.0 Å². The second-order valence-corrected chi connectivity index (χ2v) is 15.4. The average Bonchev–Trinajstić information content (AvgIpc) is 3.94. The Morgan fingerprint density at radius 2 is 1.16 bits per heavy atom. The number of amides is 1. The molecule has 304 valence electrons. The molecule has 2 aliphatic rings. The third-order valence-electron chi connectivity index (χ3n) is 11.5. The van der Waals surface area contributed by atoms with E-state index in [0.29, 0.717) is 56.2 Å². The molecule has 2 aliphatic heterocycles. The van der Waals surface area contributed by atoms with Gasteiger partial charge in [0, 0.05) is 22.0 Å². The number of ether oxygens (including phenoxy) is 3. The van der Waals surface area contributed by atoms with Crippen LogP contribution in [0.2, 0.25) is 0 Å². The Balaban J connectivity index is 0.920. The number of hydrogen-bond acceptors (Lipinski definition) is 8. The second kappa shape index (κ2) is 15.1. The fourth-order valence-corrected chi connectivity index (χ4v) is 8.42. The zero-order chi connectivity index (χ0) is 42.5. The van der Waals surface area contributed by atoms with Gasteiger partial charge in [-0.05, 0) is 93.4 Å². The molecular formula is C53H36N4O6. The molecule has 9 aromatic rings. The Labute approximate surface area is 360 Å². The van der Waals surface area contributed by atoms with Gasteiger partial charge in [-0.25, -0.2) is 4.79 Å². The van der Waals surface area contributed by atoms with Crippen molar-refractivity contribution in [2.75, 3.05) is 16.0 Å². The molecule has 1 amide bonds. The van der Waals surface area contributed by atoms with E-state index in [1.165, 1.54) is 0 Å². The van der Waals surface area contributed by atoms with Crippen LogP contribution in [0.15, 0.2) is 193 Å². The lowest BCUT2D eigenvalue weighted by Crippen LogP contribution is -2.59. The number of aromatic nitrogens is 1. The van der Waals surface area contributed by atoms with Crippen molar-refractivity contribution in [1.29, 1.82) is 0 Å². The molecule has 8 aromatic carbocycles. The summed E-state index contributed by atoms with van der Waals surface area (Å²) in [6.07, 6.45) is -1.03. The molecule has 0 spiro atoms. The fraction of sp³-hybridized carbons (Fsp3) is 0.0377. The Hall–Kier alpha value is -8.63. The lowest BCUT2D eigenvalue weighted by Gasteiger charge is -2.32. The SMILES string of the molecule is O=C(Nc1ccc2c(c1)[nH]c(=O)c1ccccc12)c1ccccc1-c1ccccc1C(=O)O[C@]1([C@H]2Nc3cc(-c4ccccc4)ccc3O2)Nc2cc(-c3ccccc3)ccc2O1. The third-order valence-corrected chi connectivity index (χ3v) is 11.5. The number of nitrogens with one attached hydrogen (secondary N) is 4. The number of aromatic amines is 1. The zero-order valence-electron chi connectivity index (χ0n) is 33.4. The van der Waals surface area contributed by atoms with E-state index in [1.54, 1.807) is 66.7 Å². The number of hydrogen-bond donors (Lipinski definition) is 4. The first-order chi connectivity index (χ1) is 30.9. The summed E-state index contributed by atoms with van der Waals surface area (Å²) in [5.74, 6) is -1.98. The van der Waals surface area contributed by atoms with Crippen molar-refractivity contribution in [3.05, 3.63) is 210 Å². The van der Waals surface area contributed by atoms with Crippen LogP contribution < -0.4 is 31.0 Å². The molecule has 0 saturated heterocycles. The van der Waals surface area contributed by atoms with Gasteiger partial charge in [0.05, 0.1) is 22.5 Å². The first-order valence-corrected chi connectivity index (χ1v) is 20.5. The predicted octanol–water partition coefficient (Wildman–Crippen LogP) is 11.1. The molecular weight excluding hydrogens is 789 g/mol. The van der Waals surface area contributed by atoms with E-state index >= 15 is 0 Å². The second-order valence-electron chi connectivity index (χ2n) is 15.4. The van der Waals surface area contributed by atoms with E-state index in [4.69, 9.17) is 14.2 Å². The van der Waals surface area contributed by atoms with Crippen LogP contribution in [-0.2, 0) is 4.74 Å². The van der Waals surface area contributed by atoms with Gasteiger partial charge < -0.3 is 35.1 Å². The molecule has 1 aromatic heterocycles. The summed E-state index contributed by atoms with van der Waals surface area (Å²) >= 11 is 0. The number of H-pyrrole nitrogens is 1.